The highest BCUT2D eigenvalue weighted by Crippen LogP contribution is 2.33. The summed E-state index contributed by atoms with van der Waals surface area (Å²) in [6.45, 7) is 4.65. The summed E-state index contributed by atoms with van der Waals surface area (Å²) < 4.78 is 10.3. The molecule has 1 N–H and O–H groups in total. The largest absolute Gasteiger partial charge is 0.477 e. The number of fused-ring (bicyclic) bond motifs is 1. The van der Waals surface area contributed by atoms with E-state index in [1.54, 1.807) is 11.3 Å². The zero-order valence-corrected chi connectivity index (χ0v) is 13.4. The summed E-state index contributed by atoms with van der Waals surface area (Å²) in [5.41, 5.74) is 1.25. The van der Waals surface area contributed by atoms with Crippen LogP contribution < -0.4 is 0 Å². The lowest BCUT2D eigenvalue weighted by Gasteiger charge is -2.19. The second-order valence-electron chi connectivity index (χ2n) is 4.51. The summed E-state index contributed by atoms with van der Waals surface area (Å²) in [7, 11) is 0. The molecule has 1 aromatic heterocycles. The number of nitrogens with one attached hydrogen (secondary N) is 1. The Hall–Kier alpha value is -1.07. The molecule has 1 unspecified atom stereocenters. The Bertz CT molecular complexity index is 487. The van der Waals surface area contributed by atoms with Crippen LogP contribution in [0, 0.1) is 11.3 Å². The Balaban J connectivity index is 0.00000200. The smallest absolute Gasteiger partial charge is 0.309 e. The maximum absolute atomic E-state index is 11.8. The zero-order chi connectivity index (χ0) is 13.8. The van der Waals surface area contributed by atoms with Crippen molar-refractivity contribution in [3.05, 3.63) is 21.4 Å². The van der Waals surface area contributed by atoms with Gasteiger partial charge >= 0.3 is 5.97 Å². The third kappa shape index (κ3) is 3.73. The van der Waals surface area contributed by atoms with Gasteiger partial charge in [-0.3, -0.25) is 10.2 Å². The number of rotatable bonds is 4. The number of carbonyl (C=O) groups is 1. The van der Waals surface area contributed by atoms with Crippen molar-refractivity contribution < 1.29 is 14.3 Å². The molecule has 0 radical (unpaired) electrons. The quantitative estimate of drug-likeness (QED) is 0.527. The molecule has 0 saturated heterocycles. The first kappa shape index (κ1) is 17.0. The number of esters is 1. The van der Waals surface area contributed by atoms with Crippen LogP contribution in [0.5, 0.6) is 0 Å². The minimum atomic E-state index is -0.0945. The zero-order valence-electron chi connectivity index (χ0n) is 11.7. The molecule has 4 nitrogen and oxygen atoms in total. The molecular formula is C14H20ClNO3S. The van der Waals surface area contributed by atoms with Gasteiger partial charge in [-0.2, -0.15) is 0 Å². The highest BCUT2D eigenvalue weighted by Gasteiger charge is 2.28. The molecule has 6 heteroatoms. The van der Waals surface area contributed by atoms with Crippen LogP contribution in [0.2, 0.25) is 0 Å². The molecule has 0 aromatic carbocycles. The standard InChI is InChI=1S/C14H19NO3S.ClH/c1-3-17-13(15)12-7-9-5-6-10(8-11(9)19-12)14(16)18-4-2;/h7,10,15H,3-6,8H2,1-2H3;1H. The molecule has 1 aliphatic rings. The molecule has 2 rings (SSSR count). The molecule has 0 amide bonds. The third-order valence-corrected chi connectivity index (χ3v) is 4.42. The van der Waals surface area contributed by atoms with Crippen molar-refractivity contribution in [2.75, 3.05) is 13.2 Å². The predicted octanol–water partition coefficient (Wildman–Crippen LogP) is 3.20. The lowest BCUT2D eigenvalue weighted by molar-refractivity contribution is -0.148. The number of ether oxygens (including phenoxy) is 2. The van der Waals surface area contributed by atoms with Gasteiger partial charge in [0.2, 0.25) is 5.90 Å². The monoisotopic (exact) mass is 317 g/mol. The first-order valence-electron chi connectivity index (χ1n) is 6.65. The molecule has 0 saturated carbocycles. The number of aryl methyl sites for hydroxylation is 1. The summed E-state index contributed by atoms with van der Waals surface area (Å²) in [6.07, 6.45) is 2.46. The average molecular weight is 318 g/mol. The Morgan fingerprint density at radius 1 is 1.40 bits per heavy atom. The molecule has 0 fully saturated rings. The number of carbonyl (C=O) groups excluding carboxylic acids is 1. The SMILES string of the molecule is CCOC(=N)c1cc2c(s1)CC(C(=O)OCC)CC2.Cl. The molecule has 0 aliphatic heterocycles. The summed E-state index contributed by atoms with van der Waals surface area (Å²) in [5, 5.41) is 7.81. The molecule has 20 heavy (non-hydrogen) atoms. The first-order chi connectivity index (χ1) is 9.15. The number of thiophene rings is 1. The molecular weight excluding hydrogens is 298 g/mol. The van der Waals surface area contributed by atoms with E-state index in [1.807, 2.05) is 19.9 Å². The van der Waals surface area contributed by atoms with Crippen LogP contribution in [-0.2, 0) is 27.1 Å². The van der Waals surface area contributed by atoms with Crippen LogP contribution in [0.1, 0.15) is 35.6 Å². The van der Waals surface area contributed by atoms with Gasteiger partial charge < -0.3 is 9.47 Å². The normalized spacial score (nSPS) is 16.8. The molecule has 0 bridgehead atoms. The van der Waals surface area contributed by atoms with Crippen LogP contribution in [0.3, 0.4) is 0 Å². The van der Waals surface area contributed by atoms with E-state index < -0.39 is 0 Å². The van der Waals surface area contributed by atoms with Crippen LogP contribution in [0.4, 0.5) is 0 Å². The van der Waals surface area contributed by atoms with E-state index in [-0.39, 0.29) is 30.2 Å². The van der Waals surface area contributed by atoms with Gasteiger partial charge in [0.05, 0.1) is 24.0 Å². The van der Waals surface area contributed by atoms with Crippen LogP contribution in [-0.4, -0.2) is 25.1 Å². The van der Waals surface area contributed by atoms with Crippen LogP contribution in [0.25, 0.3) is 0 Å². The molecule has 112 valence electrons. The second kappa shape index (κ2) is 7.64. The Morgan fingerprint density at radius 2 is 2.10 bits per heavy atom. The van der Waals surface area contributed by atoms with E-state index in [0.717, 1.165) is 24.1 Å². The highest BCUT2D eigenvalue weighted by molar-refractivity contribution is 7.14. The first-order valence-corrected chi connectivity index (χ1v) is 7.47. The van der Waals surface area contributed by atoms with Crippen molar-refractivity contribution in [3.8, 4) is 0 Å². The molecule has 1 atom stereocenters. The van der Waals surface area contributed by atoms with E-state index in [1.165, 1.54) is 10.4 Å². The van der Waals surface area contributed by atoms with Gasteiger partial charge in [-0.15, -0.1) is 23.7 Å². The second-order valence-corrected chi connectivity index (χ2v) is 5.65. The van der Waals surface area contributed by atoms with Gasteiger partial charge in [-0.1, -0.05) is 0 Å². The number of hydrogen-bond donors (Lipinski definition) is 1. The minimum absolute atomic E-state index is 0. The highest BCUT2D eigenvalue weighted by atomic mass is 35.5. The summed E-state index contributed by atoms with van der Waals surface area (Å²) in [5.74, 6) is 0.109. The number of halogens is 1. The van der Waals surface area contributed by atoms with E-state index in [4.69, 9.17) is 14.9 Å². The van der Waals surface area contributed by atoms with E-state index in [0.29, 0.717) is 13.2 Å². The Kier molecular flexibility index (Phi) is 6.49. The van der Waals surface area contributed by atoms with E-state index >= 15 is 0 Å². The van der Waals surface area contributed by atoms with Crippen molar-refractivity contribution in [3.63, 3.8) is 0 Å². The van der Waals surface area contributed by atoms with E-state index in [2.05, 4.69) is 0 Å². The van der Waals surface area contributed by atoms with Gasteiger partial charge in [-0.25, -0.2) is 0 Å². The van der Waals surface area contributed by atoms with Gasteiger partial charge in [0, 0.05) is 4.88 Å². The van der Waals surface area contributed by atoms with Crippen molar-refractivity contribution >= 4 is 35.6 Å². The Labute approximate surface area is 129 Å². The third-order valence-electron chi connectivity index (χ3n) is 3.22. The molecule has 0 spiro atoms. The van der Waals surface area contributed by atoms with Crippen LogP contribution >= 0.6 is 23.7 Å². The predicted molar refractivity (Wildman–Crippen MR) is 82.2 cm³/mol. The fourth-order valence-corrected chi connectivity index (χ4v) is 3.49. The maximum Gasteiger partial charge on any atom is 0.309 e. The van der Waals surface area contributed by atoms with E-state index in [9.17, 15) is 4.79 Å². The average Bonchev–Trinajstić information content (AvgIpc) is 2.82. The fraction of sp³-hybridized carbons (Fsp3) is 0.571. The summed E-state index contributed by atoms with van der Waals surface area (Å²) in [4.78, 5) is 13.8. The number of hydrogen-bond acceptors (Lipinski definition) is 5. The molecule has 1 aliphatic carbocycles. The topological polar surface area (TPSA) is 59.4 Å². The van der Waals surface area contributed by atoms with Gasteiger partial charge in [-0.05, 0) is 44.7 Å². The summed E-state index contributed by atoms with van der Waals surface area (Å²) in [6, 6.07) is 2.03. The fourth-order valence-electron chi connectivity index (χ4n) is 2.30. The lowest BCUT2D eigenvalue weighted by atomic mass is 9.89. The van der Waals surface area contributed by atoms with Gasteiger partial charge in [0.25, 0.3) is 0 Å². The van der Waals surface area contributed by atoms with Crippen molar-refractivity contribution in [2.45, 2.75) is 33.1 Å². The van der Waals surface area contributed by atoms with Crippen molar-refractivity contribution in [1.82, 2.24) is 0 Å². The maximum atomic E-state index is 11.8. The van der Waals surface area contributed by atoms with Gasteiger partial charge in [0.15, 0.2) is 0 Å². The molecule has 1 aromatic rings. The van der Waals surface area contributed by atoms with Crippen molar-refractivity contribution in [2.24, 2.45) is 5.92 Å². The van der Waals surface area contributed by atoms with Gasteiger partial charge in [0.1, 0.15) is 0 Å². The minimum Gasteiger partial charge on any atom is -0.477 e. The Morgan fingerprint density at radius 3 is 2.75 bits per heavy atom. The molecule has 1 heterocycles. The van der Waals surface area contributed by atoms with Crippen LogP contribution in [0.15, 0.2) is 6.07 Å². The van der Waals surface area contributed by atoms with Crippen molar-refractivity contribution in [1.29, 1.82) is 5.41 Å². The summed E-state index contributed by atoms with van der Waals surface area (Å²) >= 11 is 1.57. The lowest BCUT2D eigenvalue weighted by Crippen LogP contribution is -2.23.